The molecule has 7 nitrogen and oxygen atoms in total. The van der Waals surface area contributed by atoms with Crippen LogP contribution in [0.3, 0.4) is 0 Å². The predicted molar refractivity (Wildman–Crippen MR) is 125 cm³/mol. The lowest BCUT2D eigenvalue weighted by molar-refractivity contribution is 0.0391. The molecule has 1 aliphatic rings. The lowest BCUT2D eigenvalue weighted by Crippen LogP contribution is -2.43. The standard InChI is InChI=1S/C21H21F2N3O4S2.ClH/c1-32(28,29)18-4-2-3-17-19(18)24-21(31-17)26(8-7-25-9-11-30-12-10-25)20(27)14-5-6-15(22)16(23)13-14;/h2-6,13H,7-12H2,1H3;1H. The number of benzene rings is 2. The van der Waals surface area contributed by atoms with Crippen molar-refractivity contribution in [2.24, 2.45) is 0 Å². The number of carbonyl (C=O) groups is 1. The van der Waals surface area contributed by atoms with Gasteiger partial charge in [0.1, 0.15) is 5.52 Å². The predicted octanol–water partition coefficient (Wildman–Crippen LogP) is 3.38. The summed E-state index contributed by atoms with van der Waals surface area (Å²) < 4.78 is 57.5. The average molecular weight is 518 g/mol. The molecule has 1 amide bonds. The number of anilines is 1. The van der Waals surface area contributed by atoms with E-state index in [1.165, 1.54) is 28.4 Å². The van der Waals surface area contributed by atoms with E-state index in [9.17, 15) is 22.0 Å². The second-order valence-corrected chi connectivity index (χ2v) is 10.4. The van der Waals surface area contributed by atoms with E-state index < -0.39 is 27.4 Å². The van der Waals surface area contributed by atoms with E-state index in [0.717, 1.165) is 18.4 Å². The highest BCUT2D eigenvalue weighted by molar-refractivity contribution is 7.91. The van der Waals surface area contributed by atoms with E-state index in [-0.39, 0.29) is 34.9 Å². The Kier molecular flexibility index (Phi) is 8.01. The molecule has 0 N–H and O–H groups in total. The van der Waals surface area contributed by atoms with Gasteiger partial charge < -0.3 is 4.74 Å². The Labute approximate surface area is 200 Å². The van der Waals surface area contributed by atoms with Gasteiger partial charge in [0.25, 0.3) is 5.91 Å². The summed E-state index contributed by atoms with van der Waals surface area (Å²) in [4.78, 5) is 21.3. The number of sulfone groups is 1. The van der Waals surface area contributed by atoms with Crippen molar-refractivity contribution in [1.29, 1.82) is 0 Å². The number of fused-ring (bicyclic) bond motifs is 1. The zero-order chi connectivity index (χ0) is 22.9. The Hall–Kier alpha value is -2.18. The summed E-state index contributed by atoms with van der Waals surface area (Å²) in [7, 11) is -3.53. The van der Waals surface area contributed by atoms with E-state index in [2.05, 4.69) is 9.88 Å². The van der Waals surface area contributed by atoms with Crippen molar-refractivity contribution in [2.45, 2.75) is 4.90 Å². The van der Waals surface area contributed by atoms with Crippen LogP contribution in [0.25, 0.3) is 10.2 Å². The number of thiazole rings is 1. The first-order chi connectivity index (χ1) is 15.2. The SMILES string of the molecule is CS(=O)(=O)c1cccc2sc(N(CCN3CCOCC3)C(=O)c3ccc(F)c(F)c3)nc12.Cl. The number of hydrogen-bond donors (Lipinski definition) is 0. The molecule has 1 aliphatic heterocycles. The van der Waals surface area contributed by atoms with E-state index in [1.54, 1.807) is 12.1 Å². The van der Waals surface area contributed by atoms with Crippen molar-refractivity contribution in [3.05, 3.63) is 53.6 Å². The number of ether oxygens (including phenoxy) is 1. The fourth-order valence-electron chi connectivity index (χ4n) is 3.46. The molecule has 0 saturated carbocycles. The molecule has 12 heteroatoms. The number of halogens is 3. The summed E-state index contributed by atoms with van der Waals surface area (Å²) in [5.74, 6) is -2.70. The molecule has 0 radical (unpaired) electrons. The molecule has 4 rings (SSSR count). The fourth-order valence-corrected chi connectivity index (χ4v) is 5.38. The van der Waals surface area contributed by atoms with Gasteiger partial charge in [0.05, 0.1) is 22.8 Å². The highest BCUT2D eigenvalue weighted by Crippen LogP contribution is 2.33. The first-order valence-corrected chi connectivity index (χ1v) is 12.6. The van der Waals surface area contributed by atoms with Crippen molar-refractivity contribution in [3.8, 4) is 0 Å². The first kappa shape index (κ1) is 25.4. The average Bonchev–Trinajstić information content (AvgIpc) is 3.19. The van der Waals surface area contributed by atoms with Crippen molar-refractivity contribution >= 4 is 54.8 Å². The number of para-hydroxylation sites is 1. The normalized spacial score (nSPS) is 14.8. The van der Waals surface area contributed by atoms with Gasteiger partial charge in [0.15, 0.2) is 26.6 Å². The van der Waals surface area contributed by atoms with Crippen LogP contribution in [0.1, 0.15) is 10.4 Å². The van der Waals surface area contributed by atoms with Gasteiger partial charge in [-0.1, -0.05) is 17.4 Å². The molecule has 0 bridgehead atoms. The zero-order valence-corrected chi connectivity index (χ0v) is 20.1. The number of hydrogen-bond acceptors (Lipinski definition) is 7. The van der Waals surface area contributed by atoms with Crippen molar-refractivity contribution in [3.63, 3.8) is 0 Å². The molecule has 0 aliphatic carbocycles. The third kappa shape index (κ3) is 5.67. The maximum absolute atomic E-state index is 13.8. The molecule has 1 aromatic heterocycles. The Morgan fingerprint density at radius 3 is 2.58 bits per heavy atom. The molecule has 3 aromatic rings. The molecule has 2 heterocycles. The second kappa shape index (κ2) is 10.4. The molecule has 178 valence electrons. The van der Waals surface area contributed by atoms with Gasteiger partial charge in [0.2, 0.25) is 0 Å². The second-order valence-electron chi connectivity index (χ2n) is 7.41. The van der Waals surface area contributed by atoms with Gasteiger partial charge in [-0.15, -0.1) is 12.4 Å². The number of nitrogens with zero attached hydrogens (tertiary/aromatic N) is 3. The minimum absolute atomic E-state index is 0. The molecule has 2 aromatic carbocycles. The first-order valence-electron chi connectivity index (χ1n) is 9.90. The number of carbonyl (C=O) groups excluding carboxylic acids is 1. The summed E-state index contributed by atoms with van der Waals surface area (Å²) in [5, 5.41) is 0.291. The number of amides is 1. The van der Waals surface area contributed by atoms with Crippen LogP contribution in [0.4, 0.5) is 13.9 Å². The molecule has 0 unspecified atom stereocenters. The van der Waals surface area contributed by atoms with Crippen LogP contribution in [-0.4, -0.2) is 69.9 Å². The largest absolute Gasteiger partial charge is 0.379 e. The minimum Gasteiger partial charge on any atom is -0.379 e. The molecule has 0 atom stereocenters. The summed E-state index contributed by atoms with van der Waals surface area (Å²) >= 11 is 1.17. The number of rotatable bonds is 6. The third-order valence-electron chi connectivity index (χ3n) is 5.16. The van der Waals surface area contributed by atoms with Gasteiger partial charge >= 0.3 is 0 Å². The van der Waals surface area contributed by atoms with Crippen molar-refractivity contribution in [1.82, 2.24) is 9.88 Å². The Bertz CT molecular complexity index is 1260. The van der Waals surface area contributed by atoms with Gasteiger partial charge in [0, 0.05) is 38.0 Å². The van der Waals surface area contributed by atoms with Crippen molar-refractivity contribution < 1.29 is 26.7 Å². The molecule has 1 saturated heterocycles. The molecular formula is C21H22ClF2N3O4S2. The highest BCUT2D eigenvalue weighted by atomic mass is 35.5. The molecule has 0 spiro atoms. The van der Waals surface area contributed by atoms with Crippen LogP contribution >= 0.6 is 23.7 Å². The Balaban J connectivity index is 0.00000306. The summed E-state index contributed by atoms with van der Waals surface area (Å²) in [5.41, 5.74) is 0.262. The zero-order valence-electron chi connectivity index (χ0n) is 17.7. The maximum Gasteiger partial charge on any atom is 0.260 e. The van der Waals surface area contributed by atoms with Gasteiger partial charge in [-0.3, -0.25) is 14.6 Å². The monoisotopic (exact) mass is 517 g/mol. The lowest BCUT2D eigenvalue weighted by atomic mass is 10.2. The van der Waals surface area contributed by atoms with E-state index in [0.29, 0.717) is 42.7 Å². The minimum atomic E-state index is -3.53. The quantitative estimate of drug-likeness (QED) is 0.499. The van der Waals surface area contributed by atoms with Crippen LogP contribution in [0.5, 0.6) is 0 Å². The number of morpholine rings is 1. The highest BCUT2D eigenvalue weighted by Gasteiger charge is 2.25. The number of aromatic nitrogens is 1. The van der Waals surface area contributed by atoms with Crippen LogP contribution in [0.2, 0.25) is 0 Å². The summed E-state index contributed by atoms with van der Waals surface area (Å²) in [6.07, 6.45) is 1.10. The molecular weight excluding hydrogens is 496 g/mol. The van der Waals surface area contributed by atoms with E-state index in [1.807, 2.05) is 0 Å². The van der Waals surface area contributed by atoms with Gasteiger partial charge in [-0.2, -0.15) is 0 Å². The lowest BCUT2D eigenvalue weighted by Gasteiger charge is -2.29. The topological polar surface area (TPSA) is 79.8 Å². The third-order valence-corrected chi connectivity index (χ3v) is 7.33. The van der Waals surface area contributed by atoms with Crippen LogP contribution in [0.15, 0.2) is 41.3 Å². The van der Waals surface area contributed by atoms with Crippen molar-refractivity contribution in [2.75, 3.05) is 50.5 Å². The summed E-state index contributed by atoms with van der Waals surface area (Å²) in [6, 6.07) is 7.80. The molecule has 1 fully saturated rings. The Morgan fingerprint density at radius 2 is 1.91 bits per heavy atom. The maximum atomic E-state index is 13.8. The van der Waals surface area contributed by atoms with Gasteiger partial charge in [-0.05, 0) is 30.3 Å². The van der Waals surface area contributed by atoms with Crippen LogP contribution in [-0.2, 0) is 14.6 Å². The van der Waals surface area contributed by atoms with Gasteiger partial charge in [-0.25, -0.2) is 22.2 Å². The summed E-state index contributed by atoms with van der Waals surface area (Å²) in [6.45, 7) is 3.38. The van der Waals surface area contributed by atoms with E-state index >= 15 is 0 Å². The smallest absolute Gasteiger partial charge is 0.260 e. The van der Waals surface area contributed by atoms with E-state index in [4.69, 9.17) is 4.74 Å². The Morgan fingerprint density at radius 1 is 1.18 bits per heavy atom. The fraction of sp³-hybridized carbons (Fsp3) is 0.333. The van der Waals surface area contributed by atoms with Crippen LogP contribution in [0, 0.1) is 11.6 Å². The van der Waals surface area contributed by atoms with Crippen LogP contribution < -0.4 is 4.90 Å². The molecule has 33 heavy (non-hydrogen) atoms.